The van der Waals surface area contributed by atoms with E-state index in [0.717, 1.165) is 161 Å². The minimum atomic E-state index is -0.752. The zero-order valence-corrected chi connectivity index (χ0v) is 55.8. The van der Waals surface area contributed by atoms with Gasteiger partial charge in [-0.3, -0.25) is 19.3 Å². The number of aliphatic carboxylic acids is 3. The molecule has 0 saturated heterocycles. The van der Waals surface area contributed by atoms with Crippen molar-refractivity contribution in [2.75, 3.05) is 30.9 Å². The van der Waals surface area contributed by atoms with Crippen LogP contribution < -0.4 is 24.4 Å². The van der Waals surface area contributed by atoms with Gasteiger partial charge in [0.15, 0.2) is 11.6 Å². The van der Waals surface area contributed by atoms with Gasteiger partial charge in [-0.25, -0.2) is 19.0 Å². The van der Waals surface area contributed by atoms with Crippen molar-refractivity contribution in [1.29, 1.82) is 0 Å². The Morgan fingerprint density at radius 3 is 1.51 bits per heavy atom. The second kappa shape index (κ2) is 32.3. The molecule has 13 rings (SSSR count). The Morgan fingerprint density at radius 2 is 1.00 bits per heavy atom. The van der Waals surface area contributed by atoms with E-state index in [-0.39, 0.29) is 60.9 Å². The van der Waals surface area contributed by atoms with Crippen LogP contribution in [0.15, 0.2) is 72.8 Å². The van der Waals surface area contributed by atoms with Crippen LogP contribution in [0.3, 0.4) is 0 Å². The van der Waals surface area contributed by atoms with Crippen molar-refractivity contribution in [2.45, 2.75) is 217 Å². The molecule has 25 nitrogen and oxygen atoms in total. The molecule has 516 valence electrons. The summed E-state index contributed by atoms with van der Waals surface area (Å²) >= 11 is 0. The van der Waals surface area contributed by atoms with E-state index in [1.165, 1.54) is 30.6 Å². The fourth-order valence-corrected chi connectivity index (χ4v) is 14.4. The number of benzene rings is 3. The highest BCUT2D eigenvalue weighted by molar-refractivity contribution is 5.87. The van der Waals surface area contributed by atoms with Crippen molar-refractivity contribution in [3.05, 3.63) is 84.2 Å². The predicted octanol–water partition coefficient (Wildman–Crippen LogP) is 13.0. The average Bonchev–Trinajstić information content (AvgIpc) is 1.65. The molecule has 7 aliphatic rings. The van der Waals surface area contributed by atoms with E-state index in [2.05, 4.69) is 36.3 Å². The highest BCUT2D eigenvalue weighted by Gasteiger charge is 2.34. The third kappa shape index (κ3) is 17.8. The highest BCUT2D eigenvalue weighted by atomic mass is 16.6. The maximum absolute atomic E-state index is 12.7. The molecule has 3 aromatic heterocycles. The van der Waals surface area contributed by atoms with E-state index >= 15 is 0 Å². The fraction of sp³-hybridized carbons (Fsp3) is 0.592. The summed E-state index contributed by atoms with van der Waals surface area (Å²) < 4.78 is 34.8. The van der Waals surface area contributed by atoms with Crippen LogP contribution >= 0.6 is 0 Å². The number of aryl methyl sites for hydroxylation is 2. The molecule has 0 aliphatic heterocycles. The van der Waals surface area contributed by atoms with E-state index in [4.69, 9.17) is 23.7 Å². The fourth-order valence-electron chi connectivity index (χ4n) is 14.4. The number of carbonyl (C=O) groups excluding carboxylic acids is 2. The SMILES string of the molecule is CN(C(=O)OCc1c(-c2ccc(O[C@H]3CCC[C@H](C(=O)O)C3)cc2)nnn1C1CC1)C1CCCC1.Cc1nnn(-c2ccc(O[C@H]3CCC[C@H](C(=O)O)C3)cc2)c1N(C)C(=O)OC1CCCC1.Cn1nnc(-c2ccc(O[C@H]3CCC[C@H](C(=O)O)C3)cc2)c1NCC1CCCC1. The molecule has 0 radical (unpaired) electrons. The maximum Gasteiger partial charge on any atom is 0.415 e. The number of ether oxygens (including phenoxy) is 5. The van der Waals surface area contributed by atoms with E-state index in [1.807, 2.05) is 91.6 Å². The van der Waals surface area contributed by atoms with Crippen LogP contribution in [0.5, 0.6) is 17.2 Å². The van der Waals surface area contributed by atoms with Gasteiger partial charge in [-0.15, -0.1) is 15.3 Å². The third-order valence-corrected chi connectivity index (χ3v) is 20.2. The van der Waals surface area contributed by atoms with E-state index in [0.29, 0.717) is 66.9 Å². The molecule has 6 atom stereocenters. The Morgan fingerprint density at radius 1 is 0.531 bits per heavy atom. The van der Waals surface area contributed by atoms with Crippen LogP contribution in [-0.2, 0) is 37.5 Å². The quantitative estimate of drug-likeness (QED) is 0.0520. The minimum absolute atomic E-state index is 0.0217. The minimum Gasteiger partial charge on any atom is -0.490 e. The van der Waals surface area contributed by atoms with Crippen molar-refractivity contribution in [3.63, 3.8) is 0 Å². The molecule has 3 aromatic carbocycles. The number of amides is 2. The standard InChI is InChI=1S/C26H34N4O5.C23H30N4O5.C22H30N4O3/c1-29(19-6-2-3-7-19)26(33)34-16-23-24(27-28-30(23)20-11-12-20)17-9-13-21(14-10-17)35-22-8-4-5-18(15-22)25(31)32;1-15-21(26(2)23(30)32-18-7-3-4-8-18)27(25-24-15)17-10-12-19(13-11-17)31-20-9-5-6-16(14-20)22(28)29;1-26-21(23-14-15-5-2-3-6-15)20(24-25-26)16-9-11-18(12-10-16)29-19-8-4-7-17(13-19)22(27)28/h9-10,13-14,18-20,22H,2-8,11-12,15-16H2,1H3,(H,31,32);10-13,16,18,20H,3-9,14H2,1-2H3,(H,28,29);9-12,15,17,19,23H,2-8,13-14H2,1H3,(H,27,28)/t18-,22-;16-,20-;17-,19-/m000/s1. The average molecular weight is 1320 g/mol. The monoisotopic (exact) mass is 1320 g/mol. The van der Waals surface area contributed by atoms with Crippen LogP contribution in [0.4, 0.5) is 21.2 Å². The van der Waals surface area contributed by atoms with Gasteiger partial charge >= 0.3 is 30.1 Å². The van der Waals surface area contributed by atoms with Crippen LogP contribution in [-0.4, -0.2) is 146 Å². The van der Waals surface area contributed by atoms with Gasteiger partial charge < -0.3 is 49.2 Å². The number of rotatable bonds is 21. The number of hydrogen-bond donors (Lipinski definition) is 4. The van der Waals surface area contributed by atoms with E-state index in [9.17, 15) is 39.3 Å². The number of nitrogens with zero attached hydrogens (tertiary/aromatic N) is 11. The predicted molar refractivity (Wildman–Crippen MR) is 356 cm³/mol. The van der Waals surface area contributed by atoms with Crippen LogP contribution in [0.25, 0.3) is 28.2 Å². The molecule has 7 aliphatic carbocycles. The molecule has 0 bridgehead atoms. The molecule has 2 amide bonds. The van der Waals surface area contributed by atoms with Crippen molar-refractivity contribution < 1.29 is 63.0 Å². The van der Waals surface area contributed by atoms with Crippen molar-refractivity contribution in [3.8, 4) is 45.5 Å². The molecule has 4 N–H and O–H groups in total. The number of hydrogen-bond acceptors (Lipinski definition) is 17. The molecule has 0 spiro atoms. The molecule has 3 heterocycles. The van der Waals surface area contributed by atoms with Gasteiger partial charge in [0.1, 0.15) is 52.7 Å². The van der Waals surface area contributed by atoms with Crippen molar-refractivity contribution >= 4 is 41.7 Å². The van der Waals surface area contributed by atoms with Crippen molar-refractivity contribution in [2.24, 2.45) is 30.7 Å². The lowest BCUT2D eigenvalue weighted by Crippen LogP contribution is -2.35. The molecule has 96 heavy (non-hydrogen) atoms. The Hall–Kier alpha value is -8.77. The number of carboxylic acids is 3. The summed E-state index contributed by atoms with van der Waals surface area (Å²) in [4.78, 5) is 62.4. The Bertz CT molecular complexity index is 3550. The number of carbonyl (C=O) groups is 5. The summed E-state index contributed by atoms with van der Waals surface area (Å²) in [5.41, 5.74) is 5.60. The summed E-state index contributed by atoms with van der Waals surface area (Å²) in [6.07, 6.45) is 23.8. The van der Waals surface area contributed by atoms with Gasteiger partial charge in [-0.05, 0) is 227 Å². The van der Waals surface area contributed by atoms with Gasteiger partial charge in [0.2, 0.25) is 0 Å². The molecular weight excluding hydrogens is 1230 g/mol. The maximum atomic E-state index is 12.7. The van der Waals surface area contributed by atoms with Crippen LogP contribution in [0.1, 0.15) is 184 Å². The lowest BCUT2D eigenvalue weighted by molar-refractivity contribution is -0.144. The summed E-state index contributed by atoms with van der Waals surface area (Å²) in [7, 11) is 5.39. The molecule has 0 unspecified atom stereocenters. The number of nitrogens with one attached hydrogen (secondary N) is 1. The molecule has 6 aromatic rings. The normalized spacial score (nSPS) is 22.2. The second-order valence-electron chi connectivity index (χ2n) is 27.2. The summed E-state index contributed by atoms with van der Waals surface area (Å²) in [5, 5.41) is 57.1. The molecule has 7 fully saturated rings. The molecule has 25 heteroatoms. The van der Waals surface area contributed by atoms with E-state index < -0.39 is 24.0 Å². The second-order valence-corrected chi connectivity index (χ2v) is 27.2. The number of anilines is 2. The Balaban J connectivity index is 0.000000147. The topological polar surface area (TPSA) is 303 Å². The van der Waals surface area contributed by atoms with Crippen molar-refractivity contribution in [1.82, 2.24) is 49.9 Å². The molecular formula is C71H94N12O13. The summed E-state index contributed by atoms with van der Waals surface area (Å²) in [6.45, 7) is 2.89. The van der Waals surface area contributed by atoms with E-state index in [1.54, 1.807) is 28.2 Å². The zero-order chi connectivity index (χ0) is 67.2. The van der Waals surface area contributed by atoms with Crippen LogP contribution in [0, 0.1) is 30.6 Å². The zero-order valence-electron chi connectivity index (χ0n) is 55.8. The molecule has 7 saturated carbocycles. The third-order valence-electron chi connectivity index (χ3n) is 20.2. The summed E-state index contributed by atoms with van der Waals surface area (Å²) in [6, 6.07) is 23.5. The summed E-state index contributed by atoms with van der Waals surface area (Å²) in [5.74, 6) is 1.23. The van der Waals surface area contributed by atoms with Gasteiger partial charge in [0.25, 0.3) is 0 Å². The first-order valence-electron chi connectivity index (χ1n) is 34.8. The number of carboxylic acid groups (broad SMARTS) is 3. The Kier molecular flexibility index (Phi) is 23.1. The highest BCUT2D eigenvalue weighted by Crippen LogP contribution is 2.39. The first-order chi connectivity index (χ1) is 46.5. The first kappa shape index (κ1) is 68.6. The van der Waals surface area contributed by atoms with Gasteiger partial charge in [-0.1, -0.05) is 41.3 Å². The van der Waals surface area contributed by atoms with Gasteiger partial charge in [-0.2, -0.15) is 4.68 Å². The first-order valence-corrected chi connectivity index (χ1v) is 34.8. The largest absolute Gasteiger partial charge is 0.490 e. The number of aromatic nitrogens is 9. The van der Waals surface area contributed by atoms with Crippen LogP contribution in [0.2, 0.25) is 0 Å². The smallest absolute Gasteiger partial charge is 0.415 e. The van der Waals surface area contributed by atoms with Gasteiger partial charge in [0.05, 0.1) is 47.8 Å². The lowest BCUT2D eigenvalue weighted by Gasteiger charge is -2.27. The Labute approximate surface area is 560 Å². The lowest BCUT2D eigenvalue weighted by atomic mass is 9.87. The van der Waals surface area contributed by atoms with Gasteiger partial charge in [0, 0.05) is 44.9 Å².